The van der Waals surface area contributed by atoms with Crippen LogP contribution in [0.4, 0.5) is 0 Å². The average molecular weight is 207 g/mol. The third kappa shape index (κ3) is 1.72. The van der Waals surface area contributed by atoms with Crippen LogP contribution in [0, 0.1) is 0 Å². The molecule has 0 aromatic carbocycles. The first-order valence-corrected chi connectivity index (χ1v) is 5.02. The number of carbonyl (C=O) groups excluding carboxylic acids is 1. The third-order valence-corrected chi connectivity index (χ3v) is 2.70. The standard InChI is InChI=1S/C9H9N3OS/c1-12-5-10-4-8(12)9(13)2-7-3-11-6-14-7/h3-6H,2H2,1H3. The maximum absolute atomic E-state index is 11.7. The van der Waals surface area contributed by atoms with E-state index in [0.29, 0.717) is 12.1 Å². The van der Waals surface area contributed by atoms with Gasteiger partial charge in [0, 0.05) is 24.5 Å². The summed E-state index contributed by atoms with van der Waals surface area (Å²) in [6.45, 7) is 0. The quantitative estimate of drug-likeness (QED) is 0.713. The van der Waals surface area contributed by atoms with Crippen molar-refractivity contribution in [3.63, 3.8) is 0 Å². The fourth-order valence-electron chi connectivity index (χ4n) is 1.20. The molecule has 5 heteroatoms. The molecule has 0 atom stereocenters. The van der Waals surface area contributed by atoms with Crippen molar-refractivity contribution >= 4 is 17.1 Å². The molecule has 0 radical (unpaired) electrons. The lowest BCUT2D eigenvalue weighted by Crippen LogP contribution is -2.07. The fourth-order valence-corrected chi connectivity index (χ4v) is 1.80. The number of thiazole rings is 1. The minimum Gasteiger partial charge on any atom is -0.331 e. The average Bonchev–Trinajstić information content (AvgIpc) is 2.75. The Bertz CT molecular complexity index is 433. The van der Waals surface area contributed by atoms with Gasteiger partial charge < -0.3 is 4.57 Å². The molecule has 0 aliphatic rings. The van der Waals surface area contributed by atoms with Gasteiger partial charge in [-0.1, -0.05) is 0 Å². The van der Waals surface area contributed by atoms with E-state index in [4.69, 9.17) is 0 Å². The highest BCUT2D eigenvalue weighted by Crippen LogP contribution is 2.10. The highest BCUT2D eigenvalue weighted by atomic mass is 32.1. The maximum atomic E-state index is 11.7. The molecule has 0 bridgehead atoms. The van der Waals surface area contributed by atoms with E-state index in [1.807, 2.05) is 7.05 Å². The van der Waals surface area contributed by atoms with Gasteiger partial charge in [-0.2, -0.15) is 0 Å². The lowest BCUT2D eigenvalue weighted by atomic mass is 10.2. The topological polar surface area (TPSA) is 47.8 Å². The highest BCUT2D eigenvalue weighted by molar-refractivity contribution is 7.09. The minimum atomic E-state index is 0.0780. The predicted octanol–water partition coefficient (Wildman–Crippen LogP) is 1.30. The van der Waals surface area contributed by atoms with Crippen molar-refractivity contribution < 1.29 is 4.79 Å². The fraction of sp³-hybridized carbons (Fsp3) is 0.222. The number of rotatable bonds is 3. The molecule has 2 rings (SSSR count). The number of Topliss-reactive ketones (excluding diaryl/α,β-unsaturated/α-hetero) is 1. The molecule has 0 fully saturated rings. The second-order valence-electron chi connectivity index (χ2n) is 2.96. The summed E-state index contributed by atoms with van der Waals surface area (Å²) in [5.41, 5.74) is 2.37. The minimum absolute atomic E-state index is 0.0780. The van der Waals surface area contributed by atoms with Crippen molar-refractivity contribution in [3.05, 3.63) is 34.8 Å². The first-order valence-electron chi connectivity index (χ1n) is 4.14. The zero-order chi connectivity index (χ0) is 9.97. The largest absolute Gasteiger partial charge is 0.331 e. The Labute approximate surface area is 85.2 Å². The Hall–Kier alpha value is -1.49. The van der Waals surface area contributed by atoms with Crippen molar-refractivity contribution in [1.82, 2.24) is 14.5 Å². The molecule has 4 nitrogen and oxygen atoms in total. The van der Waals surface area contributed by atoms with Crippen molar-refractivity contribution in [1.29, 1.82) is 0 Å². The van der Waals surface area contributed by atoms with Gasteiger partial charge in [-0.05, 0) is 0 Å². The van der Waals surface area contributed by atoms with Gasteiger partial charge in [-0.25, -0.2) is 4.98 Å². The smallest absolute Gasteiger partial charge is 0.186 e. The van der Waals surface area contributed by atoms with Gasteiger partial charge in [-0.15, -0.1) is 11.3 Å². The van der Waals surface area contributed by atoms with Crippen molar-refractivity contribution in [2.75, 3.05) is 0 Å². The molecule has 2 aromatic rings. The summed E-state index contributed by atoms with van der Waals surface area (Å²) in [5, 5.41) is 0. The van der Waals surface area contributed by atoms with Crippen LogP contribution in [0.3, 0.4) is 0 Å². The van der Waals surface area contributed by atoms with E-state index in [9.17, 15) is 4.79 Å². The molecule has 0 unspecified atom stereocenters. The summed E-state index contributed by atoms with van der Waals surface area (Å²) in [5.74, 6) is 0.0780. The predicted molar refractivity (Wildman–Crippen MR) is 53.4 cm³/mol. The van der Waals surface area contributed by atoms with Crippen molar-refractivity contribution in [2.24, 2.45) is 7.05 Å². The van der Waals surface area contributed by atoms with E-state index in [1.165, 1.54) is 11.3 Å². The Morgan fingerprint density at radius 3 is 2.93 bits per heavy atom. The second-order valence-corrected chi connectivity index (χ2v) is 3.93. The number of aryl methyl sites for hydroxylation is 1. The van der Waals surface area contributed by atoms with Crippen LogP contribution in [-0.4, -0.2) is 20.3 Å². The summed E-state index contributed by atoms with van der Waals surface area (Å²) in [7, 11) is 1.81. The van der Waals surface area contributed by atoms with Crippen LogP contribution in [-0.2, 0) is 13.5 Å². The first kappa shape index (κ1) is 9.08. The van der Waals surface area contributed by atoms with E-state index in [0.717, 1.165) is 4.88 Å². The van der Waals surface area contributed by atoms with Crippen LogP contribution < -0.4 is 0 Å². The van der Waals surface area contributed by atoms with Gasteiger partial charge >= 0.3 is 0 Å². The Morgan fingerprint density at radius 2 is 2.36 bits per heavy atom. The monoisotopic (exact) mass is 207 g/mol. The van der Waals surface area contributed by atoms with Gasteiger partial charge in [0.2, 0.25) is 0 Å². The second kappa shape index (κ2) is 3.71. The highest BCUT2D eigenvalue weighted by Gasteiger charge is 2.11. The van der Waals surface area contributed by atoms with E-state index >= 15 is 0 Å². The van der Waals surface area contributed by atoms with Gasteiger partial charge in [0.05, 0.1) is 18.0 Å². The molecule has 2 heterocycles. The molecular formula is C9H9N3OS. The number of carbonyl (C=O) groups is 1. The normalized spacial score (nSPS) is 10.4. The molecule has 14 heavy (non-hydrogen) atoms. The van der Waals surface area contributed by atoms with Crippen LogP contribution in [0.2, 0.25) is 0 Å². The summed E-state index contributed by atoms with van der Waals surface area (Å²) >= 11 is 1.49. The van der Waals surface area contributed by atoms with Gasteiger partial charge in [0.15, 0.2) is 5.78 Å². The third-order valence-electron chi connectivity index (χ3n) is 1.92. The molecule has 0 aliphatic heterocycles. The van der Waals surface area contributed by atoms with E-state index < -0.39 is 0 Å². The van der Waals surface area contributed by atoms with Gasteiger partial charge in [0.1, 0.15) is 5.69 Å². The molecule has 2 aromatic heterocycles. The summed E-state index contributed by atoms with van der Waals surface area (Å²) in [6, 6.07) is 0. The zero-order valence-electron chi connectivity index (χ0n) is 7.67. The van der Waals surface area contributed by atoms with Gasteiger partial charge in [-0.3, -0.25) is 9.78 Å². The SMILES string of the molecule is Cn1cncc1C(=O)Cc1cncs1. The molecule has 0 saturated heterocycles. The first-order chi connectivity index (χ1) is 6.77. The van der Waals surface area contributed by atoms with Crippen molar-refractivity contribution in [3.8, 4) is 0 Å². The summed E-state index contributed by atoms with van der Waals surface area (Å²) in [4.78, 5) is 20.5. The number of aromatic nitrogens is 3. The molecule has 0 saturated carbocycles. The number of hydrogen-bond donors (Lipinski definition) is 0. The van der Waals surface area contributed by atoms with Crippen molar-refractivity contribution in [2.45, 2.75) is 6.42 Å². The van der Waals surface area contributed by atoms with E-state index in [-0.39, 0.29) is 5.78 Å². The summed E-state index contributed by atoms with van der Waals surface area (Å²) < 4.78 is 1.73. The van der Waals surface area contributed by atoms with E-state index in [1.54, 1.807) is 28.8 Å². The molecule has 0 N–H and O–H groups in total. The Kier molecular flexibility index (Phi) is 2.41. The number of imidazole rings is 1. The van der Waals surface area contributed by atoms with E-state index in [2.05, 4.69) is 9.97 Å². The molecule has 0 amide bonds. The Morgan fingerprint density at radius 1 is 1.50 bits per heavy atom. The number of ketones is 1. The van der Waals surface area contributed by atoms with Crippen LogP contribution >= 0.6 is 11.3 Å². The van der Waals surface area contributed by atoms with Crippen LogP contribution in [0.15, 0.2) is 24.2 Å². The van der Waals surface area contributed by atoms with Gasteiger partial charge in [0.25, 0.3) is 0 Å². The maximum Gasteiger partial charge on any atom is 0.186 e. The summed E-state index contributed by atoms with van der Waals surface area (Å²) in [6.07, 6.45) is 5.34. The Balaban J connectivity index is 2.14. The molecule has 0 aliphatic carbocycles. The number of hydrogen-bond acceptors (Lipinski definition) is 4. The molecule has 72 valence electrons. The molecule has 0 spiro atoms. The lowest BCUT2D eigenvalue weighted by molar-refractivity contribution is 0.0986. The molecular weight excluding hydrogens is 198 g/mol. The van der Waals surface area contributed by atoms with Crippen LogP contribution in [0.1, 0.15) is 15.4 Å². The van der Waals surface area contributed by atoms with Crippen LogP contribution in [0.25, 0.3) is 0 Å². The zero-order valence-corrected chi connectivity index (χ0v) is 8.49. The lowest BCUT2D eigenvalue weighted by Gasteiger charge is -1.98. The number of nitrogens with zero attached hydrogens (tertiary/aromatic N) is 3. The van der Waals surface area contributed by atoms with Crippen LogP contribution in [0.5, 0.6) is 0 Å².